The van der Waals surface area contributed by atoms with E-state index in [1.165, 1.54) is 35.8 Å². The summed E-state index contributed by atoms with van der Waals surface area (Å²) in [7, 11) is 6.24. The Morgan fingerprint density at radius 3 is 2.17 bits per heavy atom. The number of piperidine rings is 1. The number of likely N-dealkylation sites (N-methyl/N-ethyl adjacent to an activating group) is 2. The Bertz CT molecular complexity index is 2080. The largest absolute Gasteiger partial charge is 0.480 e. The molecule has 1 aromatic carbocycles. The molecule has 20 heteroatoms. The zero-order valence-electron chi connectivity index (χ0n) is 44.4. The van der Waals surface area contributed by atoms with Crippen LogP contribution < -0.4 is 16.4 Å². The van der Waals surface area contributed by atoms with Gasteiger partial charge >= 0.3 is 5.97 Å². The molecule has 1 saturated carbocycles. The van der Waals surface area contributed by atoms with Crippen LogP contribution in [-0.4, -0.2) is 166 Å². The number of thioether (sulfide) groups is 1. The van der Waals surface area contributed by atoms with Crippen molar-refractivity contribution in [3.8, 4) is 0 Å². The number of nitrogens with two attached hydrogens (primary N) is 1. The van der Waals surface area contributed by atoms with Crippen LogP contribution in [0, 0.1) is 35.5 Å². The van der Waals surface area contributed by atoms with Crippen molar-refractivity contribution in [2.24, 2.45) is 41.2 Å². The van der Waals surface area contributed by atoms with E-state index in [1.54, 1.807) is 50.2 Å². The van der Waals surface area contributed by atoms with Crippen LogP contribution in [0.4, 0.5) is 0 Å². The second-order valence-corrected chi connectivity index (χ2v) is 22.4. The van der Waals surface area contributed by atoms with Gasteiger partial charge in [-0.1, -0.05) is 98.0 Å². The second kappa shape index (κ2) is 27.3. The van der Waals surface area contributed by atoms with Crippen molar-refractivity contribution in [1.29, 1.82) is 0 Å². The highest BCUT2D eigenvalue weighted by Crippen LogP contribution is 2.54. The van der Waals surface area contributed by atoms with Crippen LogP contribution in [0.25, 0.3) is 0 Å². The number of unbranched alkanes of at least 4 members (excludes halogenated alkanes) is 2. The first-order valence-electron chi connectivity index (χ1n) is 25.6. The first-order chi connectivity index (χ1) is 34.0. The van der Waals surface area contributed by atoms with Gasteiger partial charge in [-0.3, -0.25) is 38.5 Å². The molecule has 1 aromatic rings. The van der Waals surface area contributed by atoms with Gasteiger partial charge in [-0.25, -0.2) is 4.79 Å². The molecule has 3 fully saturated rings. The van der Waals surface area contributed by atoms with Gasteiger partial charge in [0.15, 0.2) is 0 Å². The summed E-state index contributed by atoms with van der Waals surface area (Å²) in [6.07, 6.45) is 1.52. The van der Waals surface area contributed by atoms with Crippen LogP contribution in [0.1, 0.15) is 112 Å². The lowest BCUT2D eigenvalue weighted by Gasteiger charge is -2.41. The van der Waals surface area contributed by atoms with Crippen LogP contribution in [0.2, 0.25) is 5.02 Å². The molecule has 5 N–H and O–H groups in total. The maximum Gasteiger partial charge on any atom is 0.326 e. The molecular formula is C52H82ClN7O11S. The maximum absolute atomic E-state index is 14.8. The first-order valence-corrected chi connectivity index (χ1v) is 27.0. The first kappa shape index (κ1) is 60.3. The number of ether oxygens (including phenoxy) is 2. The number of fused-ring (bicyclic) bond motifs is 1. The van der Waals surface area contributed by atoms with Crippen molar-refractivity contribution in [2.45, 2.75) is 167 Å². The molecule has 18 nitrogen and oxygen atoms in total. The standard InChI is InChI=1S/C52H82ClN7O11S/c1-13-30(6)45(58(10)51(67)43(28(2)3)56-49(65)44(29(4)5)57(9)40(61)21-15-14-18-22-59-41(62)26-39(50(59)66)72-27-54)38(70-11)25-42(63)60-37(24-34-31(7)46(34)60)47(71-12)32(8)48(64)55-36(52(68)69)23-33-19-16-17-20-35(33)53/h16-17,19-20,28-32,34,36-39,43-47H,13-15,18,21-27,54H2,1-12H3,(H,55,64)(H,56,65)(H,68,69)/t30-,31?,32+,34?,36-,37-,38+,39?,43-,44-,45-,46?,47+/m0/s1. The summed E-state index contributed by atoms with van der Waals surface area (Å²) < 4.78 is 12.1. The van der Waals surface area contributed by atoms with Crippen molar-refractivity contribution in [1.82, 2.24) is 30.2 Å². The number of amides is 7. The Labute approximate surface area is 435 Å². The molecule has 4 unspecified atom stereocenters. The maximum atomic E-state index is 14.8. The van der Waals surface area contributed by atoms with E-state index < -0.39 is 71.4 Å². The van der Waals surface area contributed by atoms with Crippen molar-refractivity contribution >= 4 is 70.7 Å². The molecule has 0 bridgehead atoms. The van der Waals surface area contributed by atoms with Crippen molar-refractivity contribution < 1.29 is 52.9 Å². The molecule has 1 aliphatic carbocycles. The summed E-state index contributed by atoms with van der Waals surface area (Å²) in [6.45, 7) is 15.4. The van der Waals surface area contributed by atoms with E-state index in [-0.39, 0.29) is 103 Å². The number of carboxylic acids is 1. The Morgan fingerprint density at radius 2 is 1.60 bits per heavy atom. The fourth-order valence-electron chi connectivity index (χ4n) is 10.9. The van der Waals surface area contributed by atoms with Crippen molar-refractivity contribution in [3.63, 3.8) is 0 Å². The van der Waals surface area contributed by atoms with E-state index in [9.17, 15) is 43.5 Å². The fourth-order valence-corrected chi connectivity index (χ4v) is 11.9. The number of rotatable bonds is 29. The van der Waals surface area contributed by atoms with Gasteiger partial charge in [0.05, 0.1) is 41.9 Å². The zero-order chi connectivity index (χ0) is 53.9. The second-order valence-electron chi connectivity index (χ2n) is 20.7. The Balaban J connectivity index is 1.44. The van der Waals surface area contributed by atoms with E-state index in [4.69, 9.17) is 26.8 Å². The lowest BCUT2D eigenvalue weighted by atomic mass is 9.89. The summed E-state index contributed by atoms with van der Waals surface area (Å²) in [5.41, 5.74) is 6.15. The van der Waals surface area contributed by atoms with Gasteiger partial charge in [0.1, 0.15) is 18.1 Å². The topological polar surface area (TPSA) is 238 Å². The Hall–Kier alpha value is -4.30. The van der Waals surface area contributed by atoms with Crippen LogP contribution in [0.5, 0.6) is 0 Å². The highest BCUT2D eigenvalue weighted by Gasteiger charge is 2.62. The molecule has 0 radical (unpaired) electrons. The molecule has 3 aliphatic rings. The number of halogens is 1. The predicted octanol–water partition coefficient (Wildman–Crippen LogP) is 4.58. The van der Waals surface area contributed by atoms with E-state index in [2.05, 4.69) is 17.6 Å². The van der Waals surface area contributed by atoms with E-state index in [0.29, 0.717) is 42.7 Å². The van der Waals surface area contributed by atoms with Crippen LogP contribution in [0.15, 0.2) is 24.3 Å². The molecule has 7 amide bonds. The third-order valence-electron chi connectivity index (χ3n) is 15.3. The number of nitrogens with zero attached hydrogens (tertiary/aromatic N) is 4. The summed E-state index contributed by atoms with van der Waals surface area (Å²) in [5.74, 6) is -4.49. The molecule has 0 spiro atoms. The molecule has 4 rings (SSSR count). The lowest BCUT2D eigenvalue weighted by Crippen LogP contribution is -2.60. The molecule has 404 valence electrons. The smallest absolute Gasteiger partial charge is 0.326 e. The quantitative estimate of drug-likeness (QED) is 0.0489. The van der Waals surface area contributed by atoms with E-state index in [1.807, 2.05) is 46.4 Å². The van der Waals surface area contributed by atoms with E-state index in [0.717, 1.165) is 0 Å². The Morgan fingerprint density at radius 1 is 0.931 bits per heavy atom. The number of aliphatic carboxylic acids is 1. The zero-order valence-corrected chi connectivity index (χ0v) is 46.0. The fraction of sp³-hybridized carbons (Fsp3) is 0.731. The number of carbonyl (C=O) groups is 8. The number of imide groups is 1. The van der Waals surface area contributed by atoms with Gasteiger partial charge in [0.2, 0.25) is 41.4 Å². The molecule has 72 heavy (non-hydrogen) atoms. The number of hydrogen-bond donors (Lipinski definition) is 4. The minimum Gasteiger partial charge on any atom is -0.480 e. The van der Waals surface area contributed by atoms with Gasteiger partial charge in [-0.2, -0.15) is 0 Å². The van der Waals surface area contributed by atoms with Crippen molar-refractivity contribution in [2.75, 3.05) is 40.7 Å². The number of hydrogen-bond acceptors (Lipinski definition) is 12. The molecule has 2 saturated heterocycles. The molecule has 2 heterocycles. The Kier molecular flexibility index (Phi) is 22.8. The average Bonchev–Trinajstić information content (AvgIpc) is 3.62. The third kappa shape index (κ3) is 14.5. The molecule has 0 aromatic heterocycles. The molecule has 13 atom stereocenters. The predicted molar refractivity (Wildman–Crippen MR) is 276 cm³/mol. The van der Waals surface area contributed by atoms with Gasteiger partial charge < -0.3 is 45.6 Å². The van der Waals surface area contributed by atoms with Gasteiger partial charge in [-0.15, -0.1) is 11.8 Å². The SMILES string of the molecule is CC[C@H](C)[C@@H]([C@@H](CC(=O)N1C2C(C)C2C[C@H]1[C@H](OC)[C@@H](C)C(=O)N[C@@H](Cc1ccccc1Cl)C(=O)O)OC)N(C)C(=O)[C@@H](NC(=O)[C@H](C(C)C)N(C)C(=O)CCCCCN1C(=O)CC(SCN)C1=O)C(C)C. The summed E-state index contributed by atoms with van der Waals surface area (Å²) in [5, 5.41) is 15.7. The van der Waals surface area contributed by atoms with Crippen LogP contribution in [0.3, 0.4) is 0 Å². The summed E-state index contributed by atoms with van der Waals surface area (Å²) in [4.78, 5) is 114. The highest BCUT2D eigenvalue weighted by molar-refractivity contribution is 8.00. The highest BCUT2D eigenvalue weighted by atomic mass is 35.5. The number of benzene rings is 1. The molecule has 2 aliphatic heterocycles. The number of carboxylic acid groups (broad SMARTS) is 1. The minimum atomic E-state index is -1.25. The third-order valence-corrected chi connectivity index (χ3v) is 16.7. The summed E-state index contributed by atoms with van der Waals surface area (Å²) in [6, 6.07) is 2.54. The van der Waals surface area contributed by atoms with Gasteiger partial charge in [0, 0.05) is 71.1 Å². The van der Waals surface area contributed by atoms with Gasteiger partial charge in [0.25, 0.3) is 0 Å². The number of carbonyl (C=O) groups excluding carboxylic acids is 7. The number of methoxy groups -OCH3 is 2. The normalized spacial score (nSPS) is 22.9. The van der Waals surface area contributed by atoms with E-state index >= 15 is 0 Å². The average molecular weight is 1050 g/mol. The minimum absolute atomic E-state index is 0.0233. The lowest BCUT2D eigenvalue weighted by molar-refractivity contribution is -0.150. The summed E-state index contributed by atoms with van der Waals surface area (Å²) >= 11 is 7.58. The monoisotopic (exact) mass is 1050 g/mol. The number of nitrogens with one attached hydrogen (secondary N) is 2. The van der Waals surface area contributed by atoms with Crippen molar-refractivity contribution in [3.05, 3.63) is 34.9 Å². The molecular weight excluding hydrogens is 966 g/mol. The van der Waals surface area contributed by atoms with Gasteiger partial charge in [-0.05, 0) is 60.5 Å². The number of likely N-dealkylation sites (tertiary alicyclic amines) is 2. The van der Waals surface area contributed by atoms with Crippen LogP contribution in [-0.2, 0) is 54.3 Å². The van der Waals surface area contributed by atoms with Crippen LogP contribution >= 0.6 is 23.4 Å².